The van der Waals surface area contributed by atoms with Crippen molar-refractivity contribution >= 4 is 0 Å². The van der Waals surface area contributed by atoms with E-state index in [1.54, 1.807) is 0 Å². The lowest BCUT2D eigenvalue weighted by Crippen LogP contribution is -2.39. The predicted octanol–water partition coefficient (Wildman–Crippen LogP) is 4.06. The minimum absolute atomic E-state index is 0.0482. The van der Waals surface area contributed by atoms with Crippen molar-refractivity contribution in [1.82, 2.24) is 0 Å². The highest BCUT2D eigenvalue weighted by Crippen LogP contribution is 2.43. The van der Waals surface area contributed by atoms with Crippen molar-refractivity contribution < 1.29 is 13.5 Å². The topological polar surface area (TPSA) is 35.2 Å². The highest BCUT2D eigenvalue weighted by atomic mass is 19.3. The summed E-state index contributed by atoms with van der Waals surface area (Å²) >= 11 is 0. The molecule has 2 rings (SSSR count). The van der Waals surface area contributed by atoms with Gasteiger partial charge < -0.3 is 10.5 Å². The number of aryl methyl sites for hydroxylation is 1. The minimum atomic E-state index is -2.54. The molecule has 0 unspecified atom stereocenters. The number of rotatable bonds is 3. The maximum absolute atomic E-state index is 13.1. The van der Waals surface area contributed by atoms with E-state index in [1.165, 1.54) is 13.2 Å². The lowest BCUT2D eigenvalue weighted by atomic mass is 9.76. The number of hydrogen-bond donors (Lipinski definition) is 1. The standard InChI is InChI=1S/C15H21F2NO/c1-10-8-11(14(16)17)13(19-2)12(9-10)15(18)6-4-3-5-7-15/h8-9,14H,3-7,18H2,1-2H3. The summed E-state index contributed by atoms with van der Waals surface area (Å²) in [6, 6.07) is 3.38. The van der Waals surface area contributed by atoms with Gasteiger partial charge in [-0.3, -0.25) is 0 Å². The summed E-state index contributed by atoms with van der Waals surface area (Å²) < 4.78 is 31.5. The minimum Gasteiger partial charge on any atom is -0.496 e. The van der Waals surface area contributed by atoms with Crippen LogP contribution in [0.15, 0.2) is 12.1 Å². The molecule has 2 N–H and O–H groups in total. The van der Waals surface area contributed by atoms with Gasteiger partial charge in [0.15, 0.2) is 0 Å². The summed E-state index contributed by atoms with van der Waals surface area (Å²) in [6.07, 6.45) is 2.36. The molecule has 1 saturated carbocycles. The van der Waals surface area contributed by atoms with Gasteiger partial charge in [0.25, 0.3) is 6.43 Å². The normalized spacial score (nSPS) is 18.6. The lowest BCUT2D eigenvalue weighted by Gasteiger charge is -2.35. The second kappa shape index (κ2) is 5.45. The summed E-state index contributed by atoms with van der Waals surface area (Å²) in [6.45, 7) is 1.82. The van der Waals surface area contributed by atoms with Gasteiger partial charge in [-0.2, -0.15) is 0 Å². The summed E-state index contributed by atoms with van der Waals surface area (Å²) in [4.78, 5) is 0. The molecule has 1 aromatic carbocycles. The van der Waals surface area contributed by atoms with Crippen LogP contribution in [0.4, 0.5) is 8.78 Å². The SMILES string of the molecule is COc1c(C(F)F)cc(C)cc1C1(N)CCCCC1. The van der Waals surface area contributed by atoms with Gasteiger partial charge in [-0.25, -0.2) is 8.78 Å². The number of hydrogen-bond acceptors (Lipinski definition) is 2. The van der Waals surface area contributed by atoms with Crippen LogP contribution < -0.4 is 10.5 Å². The fourth-order valence-electron chi connectivity index (χ4n) is 3.01. The number of alkyl halides is 2. The fourth-order valence-corrected chi connectivity index (χ4v) is 3.01. The van der Waals surface area contributed by atoms with E-state index in [0.29, 0.717) is 0 Å². The molecule has 0 atom stereocenters. The lowest BCUT2D eigenvalue weighted by molar-refractivity contribution is 0.146. The van der Waals surface area contributed by atoms with Gasteiger partial charge in [-0.05, 0) is 25.8 Å². The first-order valence-corrected chi connectivity index (χ1v) is 6.74. The first-order valence-electron chi connectivity index (χ1n) is 6.74. The van der Waals surface area contributed by atoms with Crippen LogP contribution in [0.1, 0.15) is 55.2 Å². The van der Waals surface area contributed by atoms with Crippen LogP contribution in [-0.4, -0.2) is 7.11 Å². The van der Waals surface area contributed by atoms with E-state index in [-0.39, 0.29) is 11.3 Å². The fraction of sp³-hybridized carbons (Fsp3) is 0.600. The van der Waals surface area contributed by atoms with E-state index in [0.717, 1.165) is 43.2 Å². The molecule has 0 heterocycles. The monoisotopic (exact) mass is 269 g/mol. The van der Waals surface area contributed by atoms with E-state index < -0.39 is 12.0 Å². The third-order valence-electron chi connectivity index (χ3n) is 3.98. The molecule has 1 aromatic rings. The van der Waals surface area contributed by atoms with Gasteiger partial charge in [0.05, 0.1) is 12.7 Å². The van der Waals surface area contributed by atoms with Crippen LogP contribution in [-0.2, 0) is 5.54 Å². The molecular weight excluding hydrogens is 248 g/mol. The van der Waals surface area contributed by atoms with Crippen LogP contribution in [0.25, 0.3) is 0 Å². The molecule has 19 heavy (non-hydrogen) atoms. The van der Waals surface area contributed by atoms with Crippen molar-refractivity contribution in [1.29, 1.82) is 0 Å². The third-order valence-corrected chi connectivity index (χ3v) is 3.98. The Morgan fingerprint density at radius 1 is 1.21 bits per heavy atom. The van der Waals surface area contributed by atoms with E-state index in [2.05, 4.69) is 0 Å². The Bertz CT molecular complexity index is 454. The van der Waals surface area contributed by atoms with Crippen LogP contribution in [0.5, 0.6) is 5.75 Å². The maximum Gasteiger partial charge on any atom is 0.267 e. The van der Waals surface area contributed by atoms with E-state index >= 15 is 0 Å². The third kappa shape index (κ3) is 2.73. The Labute approximate surface area is 112 Å². The Morgan fingerprint density at radius 2 is 1.84 bits per heavy atom. The second-order valence-corrected chi connectivity index (χ2v) is 5.45. The summed E-state index contributed by atoms with van der Waals surface area (Å²) in [5.41, 5.74) is 7.44. The maximum atomic E-state index is 13.1. The molecule has 0 amide bonds. The van der Waals surface area contributed by atoms with Crippen LogP contribution in [0.2, 0.25) is 0 Å². The van der Waals surface area contributed by atoms with Crippen molar-refractivity contribution in [3.63, 3.8) is 0 Å². The molecule has 4 heteroatoms. The summed E-state index contributed by atoms with van der Waals surface area (Å²) in [5.74, 6) is 0.269. The number of nitrogens with two attached hydrogens (primary N) is 1. The molecule has 0 bridgehead atoms. The zero-order valence-electron chi connectivity index (χ0n) is 11.5. The van der Waals surface area contributed by atoms with Crippen LogP contribution in [0.3, 0.4) is 0 Å². The smallest absolute Gasteiger partial charge is 0.267 e. The summed E-state index contributed by atoms with van der Waals surface area (Å²) in [7, 11) is 1.44. The van der Waals surface area contributed by atoms with Crippen molar-refractivity contribution in [3.05, 3.63) is 28.8 Å². The van der Waals surface area contributed by atoms with Gasteiger partial charge in [0, 0.05) is 11.1 Å². The molecule has 0 radical (unpaired) electrons. The number of halogens is 2. The summed E-state index contributed by atoms with van der Waals surface area (Å²) in [5, 5.41) is 0. The molecule has 0 spiro atoms. The highest BCUT2D eigenvalue weighted by Gasteiger charge is 2.34. The Hall–Kier alpha value is -1.16. The zero-order chi connectivity index (χ0) is 14.0. The molecule has 0 aromatic heterocycles. The van der Waals surface area contributed by atoms with Crippen LogP contribution in [0, 0.1) is 6.92 Å². The number of methoxy groups -OCH3 is 1. The average Bonchev–Trinajstić information content (AvgIpc) is 2.38. The Balaban J connectivity index is 2.54. The molecule has 2 nitrogen and oxygen atoms in total. The van der Waals surface area contributed by atoms with Crippen molar-refractivity contribution in [3.8, 4) is 5.75 Å². The molecule has 0 saturated heterocycles. The number of ether oxygens (including phenoxy) is 1. The molecule has 0 aliphatic heterocycles. The Kier molecular flexibility index (Phi) is 4.09. The quantitative estimate of drug-likeness (QED) is 0.898. The van der Waals surface area contributed by atoms with Gasteiger partial charge in [0.2, 0.25) is 0 Å². The van der Waals surface area contributed by atoms with Crippen molar-refractivity contribution in [2.24, 2.45) is 5.73 Å². The van der Waals surface area contributed by atoms with Gasteiger partial charge in [0.1, 0.15) is 5.75 Å². The van der Waals surface area contributed by atoms with E-state index in [1.807, 2.05) is 13.0 Å². The van der Waals surface area contributed by atoms with Crippen molar-refractivity contribution in [2.75, 3.05) is 7.11 Å². The van der Waals surface area contributed by atoms with Gasteiger partial charge in [-0.1, -0.05) is 30.9 Å². The molecule has 106 valence electrons. The van der Waals surface area contributed by atoms with Crippen molar-refractivity contribution in [2.45, 2.75) is 51.0 Å². The molecular formula is C15H21F2NO. The zero-order valence-corrected chi connectivity index (χ0v) is 11.5. The highest BCUT2D eigenvalue weighted by molar-refractivity contribution is 5.49. The first-order chi connectivity index (χ1) is 8.98. The van der Waals surface area contributed by atoms with Gasteiger partial charge in [-0.15, -0.1) is 0 Å². The molecule has 1 aliphatic rings. The van der Waals surface area contributed by atoms with Crippen LogP contribution >= 0.6 is 0 Å². The first kappa shape index (κ1) is 14.3. The number of benzene rings is 1. The second-order valence-electron chi connectivity index (χ2n) is 5.45. The van der Waals surface area contributed by atoms with E-state index in [4.69, 9.17) is 10.5 Å². The molecule has 1 fully saturated rings. The largest absolute Gasteiger partial charge is 0.496 e. The van der Waals surface area contributed by atoms with Gasteiger partial charge >= 0.3 is 0 Å². The molecule has 1 aliphatic carbocycles. The average molecular weight is 269 g/mol. The van der Waals surface area contributed by atoms with E-state index in [9.17, 15) is 8.78 Å². The Morgan fingerprint density at radius 3 is 2.37 bits per heavy atom. The predicted molar refractivity (Wildman–Crippen MR) is 71.6 cm³/mol.